The summed E-state index contributed by atoms with van der Waals surface area (Å²) < 4.78 is 33.3. The first kappa shape index (κ1) is 19.4. The minimum Gasteiger partial charge on any atom is -0.492 e. The molecule has 0 saturated carbocycles. The van der Waals surface area contributed by atoms with Crippen molar-refractivity contribution in [1.82, 2.24) is 4.31 Å². The molecule has 2 aromatic rings. The largest absolute Gasteiger partial charge is 0.492 e. The number of anilines is 1. The average Bonchev–Trinajstić information content (AvgIpc) is 2.68. The lowest BCUT2D eigenvalue weighted by Crippen LogP contribution is -2.36. The molecule has 1 aliphatic heterocycles. The first-order valence-corrected chi connectivity index (χ1v) is 10.5. The Bertz CT molecular complexity index is 941. The zero-order chi connectivity index (χ0) is 19.4. The lowest BCUT2D eigenvalue weighted by Gasteiger charge is -2.28. The van der Waals surface area contributed by atoms with Crippen LogP contribution >= 0.6 is 0 Å². The number of hydrogen-bond acceptors (Lipinski definition) is 4. The van der Waals surface area contributed by atoms with Crippen LogP contribution in [0.15, 0.2) is 47.4 Å². The molecule has 3 rings (SSSR count). The fraction of sp³-hybridized carbons (Fsp3) is 0.350. The minimum atomic E-state index is -3.67. The Hall–Kier alpha value is -2.38. The number of benzene rings is 2. The number of hydrogen-bond donors (Lipinski definition) is 1. The molecule has 0 bridgehead atoms. The normalized spacial score (nSPS) is 14.4. The van der Waals surface area contributed by atoms with Crippen LogP contribution in [0.5, 0.6) is 5.75 Å². The molecule has 0 aromatic heterocycles. The number of sulfonamides is 1. The van der Waals surface area contributed by atoms with Gasteiger partial charge in [0.05, 0.1) is 17.2 Å². The lowest BCUT2D eigenvalue weighted by molar-refractivity contribution is -0.115. The summed E-state index contributed by atoms with van der Waals surface area (Å²) in [6.45, 7) is 4.78. The maximum absolute atomic E-state index is 13.1. The van der Waals surface area contributed by atoms with E-state index in [1.165, 1.54) is 22.0 Å². The van der Waals surface area contributed by atoms with Gasteiger partial charge in [0, 0.05) is 19.5 Å². The molecular formula is C20H24N2O4S. The van der Waals surface area contributed by atoms with Crippen molar-refractivity contribution in [3.63, 3.8) is 0 Å². The summed E-state index contributed by atoms with van der Waals surface area (Å²) in [4.78, 5) is 12.0. The zero-order valence-electron chi connectivity index (χ0n) is 15.6. The third-order valence-electron chi connectivity index (χ3n) is 4.58. The van der Waals surface area contributed by atoms with Crippen LogP contribution in [0, 0.1) is 0 Å². The van der Waals surface area contributed by atoms with Gasteiger partial charge in [0.2, 0.25) is 15.9 Å². The van der Waals surface area contributed by atoms with Crippen molar-refractivity contribution in [3.05, 3.63) is 53.6 Å². The summed E-state index contributed by atoms with van der Waals surface area (Å²) >= 11 is 0. The molecule has 7 heteroatoms. The minimum absolute atomic E-state index is 0.150. The van der Waals surface area contributed by atoms with Crippen molar-refractivity contribution >= 4 is 21.6 Å². The van der Waals surface area contributed by atoms with E-state index in [-0.39, 0.29) is 10.8 Å². The molecule has 0 fully saturated rings. The molecular weight excluding hydrogens is 364 g/mol. The summed E-state index contributed by atoms with van der Waals surface area (Å²) in [6, 6.07) is 12.5. The van der Waals surface area contributed by atoms with E-state index in [9.17, 15) is 13.2 Å². The molecule has 0 atom stereocenters. The Kier molecular flexibility index (Phi) is 5.82. The number of carbonyl (C=O) groups is 1. The molecule has 2 aromatic carbocycles. The Balaban J connectivity index is 1.92. The Morgan fingerprint density at radius 3 is 2.59 bits per heavy atom. The van der Waals surface area contributed by atoms with Crippen LogP contribution in [-0.2, 0) is 27.8 Å². The molecule has 0 unspecified atom stereocenters. The van der Waals surface area contributed by atoms with Crippen LogP contribution in [0.1, 0.15) is 31.4 Å². The molecule has 6 nitrogen and oxygen atoms in total. The number of fused-ring (bicyclic) bond motifs is 1. The van der Waals surface area contributed by atoms with Gasteiger partial charge in [0.1, 0.15) is 5.75 Å². The highest BCUT2D eigenvalue weighted by atomic mass is 32.2. The number of ether oxygens (including phenoxy) is 1. The van der Waals surface area contributed by atoms with Gasteiger partial charge in [-0.25, -0.2) is 8.42 Å². The smallest absolute Gasteiger partial charge is 0.243 e. The highest BCUT2D eigenvalue weighted by molar-refractivity contribution is 7.89. The van der Waals surface area contributed by atoms with Crippen LogP contribution in [0.3, 0.4) is 0 Å². The van der Waals surface area contributed by atoms with Crippen LogP contribution < -0.4 is 10.1 Å². The predicted molar refractivity (Wildman–Crippen MR) is 104 cm³/mol. The highest BCUT2D eigenvalue weighted by Crippen LogP contribution is 2.31. The van der Waals surface area contributed by atoms with E-state index in [1.54, 1.807) is 13.0 Å². The SMILES string of the molecule is CCOc1ccc(S(=O)(=O)N2CCc3ccccc3C2)cc1NC(=O)CC. The first-order chi connectivity index (χ1) is 13.0. The number of nitrogens with zero attached hydrogens (tertiary/aromatic N) is 1. The van der Waals surface area contributed by atoms with Gasteiger partial charge in [-0.05, 0) is 42.7 Å². The van der Waals surface area contributed by atoms with E-state index in [2.05, 4.69) is 5.32 Å². The highest BCUT2D eigenvalue weighted by Gasteiger charge is 2.29. The standard InChI is InChI=1S/C20H24N2O4S/c1-3-20(23)21-18-13-17(9-10-19(18)26-4-2)27(24,25)22-12-11-15-7-5-6-8-16(15)14-22/h5-10,13H,3-4,11-12,14H2,1-2H3,(H,21,23). The maximum Gasteiger partial charge on any atom is 0.243 e. The van der Waals surface area contributed by atoms with E-state index >= 15 is 0 Å². The van der Waals surface area contributed by atoms with Gasteiger partial charge in [-0.15, -0.1) is 0 Å². The molecule has 0 spiro atoms. The van der Waals surface area contributed by atoms with Crippen molar-refractivity contribution in [2.24, 2.45) is 0 Å². The quantitative estimate of drug-likeness (QED) is 0.825. The molecule has 27 heavy (non-hydrogen) atoms. The van der Waals surface area contributed by atoms with Gasteiger partial charge in [-0.1, -0.05) is 31.2 Å². The van der Waals surface area contributed by atoms with Crippen molar-refractivity contribution in [2.45, 2.75) is 38.1 Å². The van der Waals surface area contributed by atoms with Crippen LogP contribution in [0.2, 0.25) is 0 Å². The maximum atomic E-state index is 13.1. The molecule has 0 radical (unpaired) electrons. The Morgan fingerprint density at radius 2 is 1.89 bits per heavy atom. The van der Waals surface area contributed by atoms with Gasteiger partial charge in [-0.2, -0.15) is 4.31 Å². The summed E-state index contributed by atoms with van der Waals surface area (Å²) in [5.74, 6) is 0.264. The van der Waals surface area contributed by atoms with Crippen molar-refractivity contribution in [2.75, 3.05) is 18.5 Å². The van der Waals surface area contributed by atoms with Gasteiger partial charge in [0.25, 0.3) is 0 Å². The van der Waals surface area contributed by atoms with Crippen molar-refractivity contribution < 1.29 is 17.9 Å². The molecule has 0 aliphatic carbocycles. The molecule has 1 heterocycles. The van der Waals surface area contributed by atoms with E-state index in [0.29, 0.717) is 44.0 Å². The van der Waals surface area contributed by atoms with Crippen molar-refractivity contribution in [3.8, 4) is 5.75 Å². The van der Waals surface area contributed by atoms with E-state index < -0.39 is 10.0 Å². The zero-order valence-corrected chi connectivity index (χ0v) is 16.4. The second-order valence-electron chi connectivity index (χ2n) is 6.35. The second-order valence-corrected chi connectivity index (χ2v) is 8.29. The first-order valence-electron chi connectivity index (χ1n) is 9.09. The van der Waals surface area contributed by atoms with E-state index in [1.807, 2.05) is 31.2 Å². The Morgan fingerprint density at radius 1 is 1.15 bits per heavy atom. The molecule has 1 N–H and O–H groups in total. The Labute approximate surface area is 160 Å². The monoisotopic (exact) mass is 388 g/mol. The summed E-state index contributed by atoms with van der Waals surface area (Å²) in [5, 5.41) is 2.73. The van der Waals surface area contributed by atoms with Crippen LogP contribution in [-0.4, -0.2) is 31.8 Å². The van der Waals surface area contributed by atoms with Gasteiger partial charge < -0.3 is 10.1 Å². The van der Waals surface area contributed by atoms with Crippen LogP contribution in [0.4, 0.5) is 5.69 Å². The molecule has 144 valence electrons. The van der Waals surface area contributed by atoms with E-state index in [4.69, 9.17) is 4.74 Å². The molecule has 0 saturated heterocycles. The average molecular weight is 388 g/mol. The molecule has 1 amide bonds. The third-order valence-corrected chi connectivity index (χ3v) is 6.42. The number of carbonyl (C=O) groups excluding carboxylic acids is 1. The van der Waals surface area contributed by atoms with E-state index in [0.717, 1.165) is 5.56 Å². The van der Waals surface area contributed by atoms with Crippen LogP contribution in [0.25, 0.3) is 0 Å². The predicted octanol–water partition coefficient (Wildman–Crippen LogP) is 3.18. The fourth-order valence-electron chi connectivity index (χ4n) is 3.11. The summed E-state index contributed by atoms with van der Waals surface area (Å²) in [6.07, 6.45) is 0.983. The van der Waals surface area contributed by atoms with Gasteiger partial charge in [-0.3, -0.25) is 4.79 Å². The van der Waals surface area contributed by atoms with Crippen molar-refractivity contribution in [1.29, 1.82) is 0 Å². The third kappa shape index (κ3) is 4.14. The topological polar surface area (TPSA) is 75.7 Å². The number of amides is 1. The number of nitrogens with one attached hydrogen (secondary N) is 1. The fourth-order valence-corrected chi connectivity index (χ4v) is 4.56. The van der Waals surface area contributed by atoms with Gasteiger partial charge >= 0.3 is 0 Å². The number of rotatable bonds is 6. The molecule has 1 aliphatic rings. The summed E-state index contributed by atoms with van der Waals surface area (Å²) in [7, 11) is -3.67. The summed E-state index contributed by atoms with van der Waals surface area (Å²) in [5.41, 5.74) is 2.59. The second kappa shape index (κ2) is 8.10. The van der Waals surface area contributed by atoms with Gasteiger partial charge in [0.15, 0.2) is 0 Å². The lowest BCUT2D eigenvalue weighted by atomic mass is 10.0.